The van der Waals surface area contributed by atoms with E-state index in [1.54, 1.807) is 0 Å². The topological polar surface area (TPSA) is 133 Å². The first-order valence-electron chi connectivity index (χ1n) is 9.20. The van der Waals surface area contributed by atoms with Crippen LogP contribution in [-0.4, -0.2) is 82.3 Å². The van der Waals surface area contributed by atoms with Crippen molar-refractivity contribution in [2.45, 2.75) is 23.8 Å². The fourth-order valence-electron chi connectivity index (χ4n) is 3.38. The summed E-state index contributed by atoms with van der Waals surface area (Å²) in [5, 5.41) is 5.38. The van der Waals surface area contributed by atoms with E-state index in [0.717, 1.165) is 10.6 Å². The predicted octanol–water partition coefficient (Wildman–Crippen LogP) is -1.04. The summed E-state index contributed by atoms with van der Waals surface area (Å²) in [5.74, 6) is -0.752. The summed E-state index contributed by atoms with van der Waals surface area (Å²) in [7, 11) is -7.13. The zero-order valence-corrected chi connectivity index (χ0v) is 17.6. The number of nitrogens with zero attached hydrogens (tertiary/aromatic N) is 2. The molecule has 0 bridgehead atoms. The van der Waals surface area contributed by atoms with Gasteiger partial charge >= 0.3 is 0 Å². The molecule has 2 N–H and O–H groups in total. The molecule has 2 amide bonds. The van der Waals surface area contributed by atoms with E-state index in [9.17, 15) is 26.4 Å². The van der Waals surface area contributed by atoms with Crippen molar-refractivity contribution in [3.8, 4) is 0 Å². The average Bonchev–Trinajstić information content (AvgIpc) is 2.67. The average molecular weight is 445 g/mol. The van der Waals surface area contributed by atoms with E-state index in [1.807, 2.05) is 0 Å². The number of carbonyl (C=O) groups is 2. The first-order chi connectivity index (χ1) is 13.6. The van der Waals surface area contributed by atoms with Gasteiger partial charge in [0.1, 0.15) is 0 Å². The third kappa shape index (κ3) is 5.13. The van der Waals surface area contributed by atoms with Gasteiger partial charge in [0, 0.05) is 37.8 Å². The van der Waals surface area contributed by atoms with Crippen LogP contribution >= 0.6 is 0 Å². The molecule has 0 saturated carbocycles. The smallest absolute Gasteiger partial charge is 0.251 e. The second kappa shape index (κ2) is 8.38. The number of carbonyl (C=O) groups excluding carboxylic acids is 2. The van der Waals surface area contributed by atoms with Gasteiger partial charge in [0.2, 0.25) is 26.0 Å². The maximum atomic E-state index is 12.6. The maximum absolute atomic E-state index is 12.6. The van der Waals surface area contributed by atoms with Crippen molar-refractivity contribution < 1.29 is 26.4 Å². The van der Waals surface area contributed by atoms with Gasteiger partial charge in [-0.25, -0.2) is 21.1 Å². The summed E-state index contributed by atoms with van der Waals surface area (Å²) in [4.78, 5) is 23.9. The number of hydrogen-bond donors (Lipinski definition) is 2. The van der Waals surface area contributed by atoms with Gasteiger partial charge in [-0.2, -0.15) is 4.31 Å². The van der Waals surface area contributed by atoms with Crippen LogP contribution in [0.2, 0.25) is 0 Å². The van der Waals surface area contributed by atoms with Crippen molar-refractivity contribution in [3.05, 3.63) is 29.8 Å². The molecular formula is C17H24N4O6S2. The summed E-state index contributed by atoms with van der Waals surface area (Å²) in [5.41, 5.74) is 0.275. The third-order valence-electron chi connectivity index (χ3n) is 4.95. The fourth-order valence-corrected chi connectivity index (χ4v) is 5.69. The molecule has 29 heavy (non-hydrogen) atoms. The summed E-state index contributed by atoms with van der Waals surface area (Å²) in [6.07, 6.45) is 2.46. The van der Waals surface area contributed by atoms with Gasteiger partial charge in [-0.3, -0.25) is 9.59 Å². The molecule has 3 rings (SSSR count). The van der Waals surface area contributed by atoms with Crippen molar-refractivity contribution in [1.29, 1.82) is 0 Å². The van der Waals surface area contributed by atoms with Crippen molar-refractivity contribution in [1.82, 2.24) is 19.2 Å². The van der Waals surface area contributed by atoms with Crippen LogP contribution in [0.25, 0.3) is 0 Å². The van der Waals surface area contributed by atoms with E-state index < -0.39 is 26.0 Å². The lowest BCUT2D eigenvalue weighted by Gasteiger charge is -2.31. The molecule has 2 aliphatic rings. The Hall–Kier alpha value is -2.02. The summed E-state index contributed by atoms with van der Waals surface area (Å²) < 4.78 is 51.1. The molecule has 12 heteroatoms. The van der Waals surface area contributed by atoms with Gasteiger partial charge in [-0.1, -0.05) is 0 Å². The molecule has 1 unspecified atom stereocenters. The highest BCUT2D eigenvalue weighted by molar-refractivity contribution is 7.89. The standard InChI is InChI=1S/C17H24N4O6S2/c1-28(24,25)20-9-2-3-14(11-20)19-17(23)13-4-6-15(7-5-13)29(26,27)21-10-8-18-16(22)12-21/h4-7,14H,2-3,8-12H2,1H3,(H,18,22)(H,19,23). The maximum Gasteiger partial charge on any atom is 0.251 e. The van der Waals surface area contributed by atoms with E-state index in [0.29, 0.717) is 19.4 Å². The lowest BCUT2D eigenvalue weighted by Crippen LogP contribution is -2.49. The molecule has 0 radical (unpaired) electrons. The number of sulfonamides is 2. The molecule has 2 aliphatic heterocycles. The molecule has 1 aromatic carbocycles. The molecule has 1 aromatic rings. The van der Waals surface area contributed by atoms with Gasteiger partial charge in [-0.05, 0) is 37.1 Å². The van der Waals surface area contributed by atoms with Crippen LogP contribution in [0.3, 0.4) is 0 Å². The minimum atomic E-state index is -3.82. The van der Waals surface area contributed by atoms with E-state index in [4.69, 9.17) is 0 Å². The second-order valence-electron chi connectivity index (χ2n) is 7.15. The van der Waals surface area contributed by atoms with E-state index in [-0.39, 0.29) is 48.6 Å². The Balaban J connectivity index is 1.66. The molecule has 1 atom stereocenters. The summed E-state index contributed by atoms with van der Waals surface area (Å²) in [6, 6.07) is 5.18. The number of amides is 2. The van der Waals surface area contributed by atoms with Crippen molar-refractivity contribution >= 4 is 31.9 Å². The molecular weight excluding hydrogens is 420 g/mol. The first kappa shape index (κ1) is 21.7. The zero-order valence-electron chi connectivity index (χ0n) is 16.0. The Morgan fingerprint density at radius 1 is 1.10 bits per heavy atom. The van der Waals surface area contributed by atoms with Crippen LogP contribution in [0.5, 0.6) is 0 Å². The largest absolute Gasteiger partial charge is 0.354 e. The van der Waals surface area contributed by atoms with E-state index in [1.165, 1.54) is 28.6 Å². The highest BCUT2D eigenvalue weighted by Gasteiger charge is 2.30. The van der Waals surface area contributed by atoms with Gasteiger partial charge in [0.05, 0.1) is 17.7 Å². The molecule has 10 nitrogen and oxygen atoms in total. The quantitative estimate of drug-likeness (QED) is 0.596. The first-order valence-corrected chi connectivity index (χ1v) is 12.5. The molecule has 0 spiro atoms. The number of piperazine rings is 1. The van der Waals surface area contributed by atoms with Crippen molar-refractivity contribution in [2.24, 2.45) is 0 Å². The Morgan fingerprint density at radius 2 is 1.79 bits per heavy atom. The predicted molar refractivity (Wildman–Crippen MR) is 105 cm³/mol. The summed E-state index contributed by atoms with van der Waals surface area (Å²) in [6.45, 7) is 0.864. The Labute approximate surface area is 170 Å². The van der Waals surface area contributed by atoms with Crippen LogP contribution < -0.4 is 10.6 Å². The summed E-state index contributed by atoms with van der Waals surface area (Å²) >= 11 is 0. The van der Waals surface area contributed by atoms with Crippen LogP contribution in [-0.2, 0) is 24.8 Å². The second-order valence-corrected chi connectivity index (χ2v) is 11.1. The fraction of sp³-hybridized carbons (Fsp3) is 0.529. The Bertz CT molecular complexity index is 991. The van der Waals surface area contributed by atoms with Crippen LogP contribution in [0.4, 0.5) is 0 Å². The molecule has 0 aromatic heterocycles. The number of rotatable bonds is 5. The number of benzene rings is 1. The lowest BCUT2D eigenvalue weighted by atomic mass is 10.1. The minimum Gasteiger partial charge on any atom is -0.354 e. The molecule has 2 fully saturated rings. The highest BCUT2D eigenvalue weighted by atomic mass is 32.2. The Kier molecular flexibility index (Phi) is 6.27. The lowest BCUT2D eigenvalue weighted by molar-refractivity contribution is -0.122. The Morgan fingerprint density at radius 3 is 2.41 bits per heavy atom. The van der Waals surface area contributed by atoms with Crippen molar-refractivity contribution in [2.75, 3.05) is 39.0 Å². The van der Waals surface area contributed by atoms with Gasteiger partial charge in [-0.15, -0.1) is 0 Å². The third-order valence-corrected chi connectivity index (χ3v) is 8.08. The molecule has 2 heterocycles. The van der Waals surface area contributed by atoms with Gasteiger partial charge in [0.15, 0.2) is 0 Å². The minimum absolute atomic E-state index is 0.00432. The van der Waals surface area contributed by atoms with Crippen LogP contribution in [0, 0.1) is 0 Å². The van der Waals surface area contributed by atoms with E-state index >= 15 is 0 Å². The normalized spacial score (nSPS) is 22.1. The van der Waals surface area contributed by atoms with Gasteiger partial charge < -0.3 is 10.6 Å². The van der Waals surface area contributed by atoms with Crippen LogP contribution in [0.1, 0.15) is 23.2 Å². The number of piperidine rings is 1. The molecule has 160 valence electrons. The van der Waals surface area contributed by atoms with Gasteiger partial charge in [0.25, 0.3) is 5.91 Å². The monoisotopic (exact) mass is 444 g/mol. The molecule has 2 saturated heterocycles. The number of hydrogen-bond acceptors (Lipinski definition) is 6. The SMILES string of the molecule is CS(=O)(=O)N1CCCC(NC(=O)c2ccc(S(=O)(=O)N3CCNC(=O)C3)cc2)C1. The van der Waals surface area contributed by atoms with E-state index in [2.05, 4.69) is 10.6 Å². The number of nitrogens with one attached hydrogen (secondary N) is 2. The zero-order chi connectivity index (χ0) is 21.2. The van der Waals surface area contributed by atoms with Crippen LogP contribution in [0.15, 0.2) is 29.2 Å². The highest BCUT2D eigenvalue weighted by Crippen LogP contribution is 2.18. The van der Waals surface area contributed by atoms with Crippen molar-refractivity contribution in [3.63, 3.8) is 0 Å². The molecule has 0 aliphatic carbocycles.